The van der Waals surface area contributed by atoms with Gasteiger partial charge in [0.1, 0.15) is 23.8 Å². The molecule has 0 aliphatic rings. The fraction of sp³-hybridized carbons (Fsp3) is 0.0952. The van der Waals surface area contributed by atoms with E-state index in [1.807, 2.05) is 30.3 Å². The van der Waals surface area contributed by atoms with E-state index in [0.717, 1.165) is 5.56 Å². The van der Waals surface area contributed by atoms with Crippen molar-refractivity contribution in [1.29, 1.82) is 0 Å². The Balaban J connectivity index is 1.85. The van der Waals surface area contributed by atoms with Gasteiger partial charge in [-0.1, -0.05) is 41.9 Å². The number of carbonyl (C=O) groups is 1. The van der Waals surface area contributed by atoms with Crippen LogP contribution in [-0.4, -0.2) is 17.9 Å². The number of hydrogen-bond acceptors (Lipinski definition) is 5. The summed E-state index contributed by atoms with van der Waals surface area (Å²) < 4.78 is 10.8. The number of halogens is 1. The van der Waals surface area contributed by atoms with E-state index in [2.05, 4.69) is 5.32 Å². The van der Waals surface area contributed by atoms with E-state index < -0.39 is 10.8 Å². The van der Waals surface area contributed by atoms with Crippen LogP contribution in [0.15, 0.2) is 66.7 Å². The van der Waals surface area contributed by atoms with Gasteiger partial charge >= 0.3 is 0 Å². The van der Waals surface area contributed by atoms with Crippen LogP contribution in [0.2, 0.25) is 5.02 Å². The van der Waals surface area contributed by atoms with Gasteiger partial charge < -0.3 is 14.8 Å². The molecule has 1 amide bonds. The van der Waals surface area contributed by atoms with Crippen LogP contribution in [0, 0.1) is 10.1 Å². The number of hydrogen-bond donors (Lipinski definition) is 1. The Morgan fingerprint density at radius 3 is 2.55 bits per heavy atom. The van der Waals surface area contributed by atoms with E-state index in [0.29, 0.717) is 16.5 Å². The van der Waals surface area contributed by atoms with Crippen LogP contribution in [0.5, 0.6) is 11.5 Å². The third-order valence-corrected chi connectivity index (χ3v) is 4.31. The molecule has 0 aliphatic carbocycles. The van der Waals surface area contributed by atoms with Crippen LogP contribution in [0.1, 0.15) is 15.9 Å². The Morgan fingerprint density at radius 1 is 1.10 bits per heavy atom. The molecular weight excluding hydrogens is 396 g/mol. The zero-order valence-corrected chi connectivity index (χ0v) is 16.2. The molecule has 0 atom stereocenters. The zero-order chi connectivity index (χ0) is 20.8. The van der Waals surface area contributed by atoms with Crippen LogP contribution < -0.4 is 14.8 Å². The first kappa shape index (κ1) is 20.2. The third kappa shape index (κ3) is 5.03. The second kappa shape index (κ2) is 9.07. The molecule has 0 fully saturated rings. The molecule has 0 aliphatic heterocycles. The summed E-state index contributed by atoms with van der Waals surface area (Å²) in [4.78, 5) is 23.6. The standard InChI is InChI=1S/C21H17ClN2O5/c1-28-16-8-9-18(19(12-16)24(26)27)23-21(25)17-11-15(22)7-10-20(17)29-13-14-5-3-2-4-6-14/h2-12H,13H2,1H3,(H,23,25). The Kier molecular flexibility index (Phi) is 6.31. The largest absolute Gasteiger partial charge is 0.496 e. The summed E-state index contributed by atoms with van der Waals surface area (Å²) in [7, 11) is 1.40. The van der Waals surface area contributed by atoms with Crippen molar-refractivity contribution in [3.63, 3.8) is 0 Å². The minimum atomic E-state index is -0.594. The number of ether oxygens (including phenoxy) is 2. The number of nitro groups is 1. The number of amides is 1. The third-order valence-electron chi connectivity index (χ3n) is 4.07. The zero-order valence-electron chi connectivity index (χ0n) is 15.4. The highest BCUT2D eigenvalue weighted by molar-refractivity contribution is 6.31. The molecule has 3 aromatic carbocycles. The second-order valence-electron chi connectivity index (χ2n) is 6.01. The maximum absolute atomic E-state index is 12.8. The molecule has 0 saturated carbocycles. The second-order valence-corrected chi connectivity index (χ2v) is 6.45. The molecule has 0 spiro atoms. The van der Waals surface area contributed by atoms with Crippen molar-refractivity contribution in [3.8, 4) is 11.5 Å². The molecule has 29 heavy (non-hydrogen) atoms. The van der Waals surface area contributed by atoms with E-state index in [1.54, 1.807) is 12.1 Å². The normalized spacial score (nSPS) is 10.3. The highest BCUT2D eigenvalue weighted by Crippen LogP contribution is 2.31. The number of anilines is 1. The molecule has 0 unspecified atom stereocenters. The molecule has 148 valence electrons. The summed E-state index contributed by atoms with van der Waals surface area (Å²) in [6.45, 7) is 0.255. The maximum atomic E-state index is 12.8. The average molecular weight is 413 g/mol. The number of rotatable bonds is 7. The van der Waals surface area contributed by atoms with Crippen LogP contribution in [0.3, 0.4) is 0 Å². The molecule has 0 saturated heterocycles. The van der Waals surface area contributed by atoms with Gasteiger partial charge in [-0.05, 0) is 35.9 Å². The van der Waals surface area contributed by atoms with E-state index in [-0.39, 0.29) is 23.5 Å². The monoisotopic (exact) mass is 412 g/mol. The van der Waals surface area contributed by atoms with Crippen LogP contribution in [0.4, 0.5) is 11.4 Å². The first-order chi connectivity index (χ1) is 14.0. The average Bonchev–Trinajstić information content (AvgIpc) is 2.73. The lowest BCUT2D eigenvalue weighted by atomic mass is 10.1. The summed E-state index contributed by atoms with van der Waals surface area (Å²) in [5.74, 6) is 0.0417. The fourth-order valence-electron chi connectivity index (χ4n) is 2.63. The van der Waals surface area contributed by atoms with Gasteiger partial charge in [-0.3, -0.25) is 14.9 Å². The van der Waals surface area contributed by atoms with Gasteiger partial charge in [-0.15, -0.1) is 0 Å². The number of nitrogens with one attached hydrogen (secondary N) is 1. The van der Waals surface area contributed by atoms with Gasteiger partial charge in [0, 0.05) is 5.02 Å². The summed E-state index contributed by atoms with van der Waals surface area (Å²) >= 11 is 6.04. The smallest absolute Gasteiger partial charge is 0.296 e. The van der Waals surface area contributed by atoms with Gasteiger partial charge in [0.15, 0.2) is 0 Å². The Bertz CT molecular complexity index is 1040. The lowest BCUT2D eigenvalue weighted by Crippen LogP contribution is -2.15. The van der Waals surface area contributed by atoms with Crippen molar-refractivity contribution in [1.82, 2.24) is 0 Å². The van der Waals surface area contributed by atoms with Crippen molar-refractivity contribution in [2.75, 3.05) is 12.4 Å². The fourth-order valence-corrected chi connectivity index (χ4v) is 2.80. The molecule has 0 radical (unpaired) electrons. The number of benzene rings is 3. The van der Waals surface area contributed by atoms with Crippen LogP contribution in [0.25, 0.3) is 0 Å². The maximum Gasteiger partial charge on any atom is 0.296 e. The molecular formula is C21H17ClN2O5. The number of nitro benzene ring substituents is 1. The molecule has 0 heterocycles. The first-order valence-electron chi connectivity index (χ1n) is 8.58. The summed E-state index contributed by atoms with van der Waals surface area (Å²) in [5, 5.41) is 14.2. The van der Waals surface area contributed by atoms with Crippen LogP contribution >= 0.6 is 11.6 Å². The highest BCUT2D eigenvalue weighted by atomic mass is 35.5. The van der Waals surface area contributed by atoms with E-state index in [9.17, 15) is 14.9 Å². The summed E-state index contributed by atoms with van der Waals surface area (Å²) in [6.07, 6.45) is 0. The molecule has 8 heteroatoms. The number of methoxy groups -OCH3 is 1. The lowest BCUT2D eigenvalue weighted by Gasteiger charge is -2.13. The van der Waals surface area contributed by atoms with Crippen molar-refractivity contribution in [2.45, 2.75) is 6.61 Å². The molecule has 0 bridgehead atoms. The minimum Gasteiger partial charge on any atom is -0.496 e. The predicted molar refractivity (Wildman–Crippen MR) is 110 cm³/mol. The van der Waals surface area contributed by atoms with Crippen molar-refractivity contribution < 1.29 is 19.2 Å². The molecule has 3 rings (SSSR count). The number of nitrogens with zero attached hydrogens (tertiary/aromatic N) is 1. The molecule has 3 aromatic rings. The van der Waals surface area contributed by atoms with Gasteiger partial charge in [0.2, 0.25) is 0 Å². The topological polar surface area (TPSA) is 90.7 Å². The lowest BCUT2D eigenvalue weighted by molar-refractivity contribution is -0.384. The highest BCUT2D eigenvalue weighted by Gasteiger charge is 2.20. The Hall–Kier alpha value is -3.58. The summed E-state index contributed by atoms with van der Waals surface area (Å²) in [6, 6.07) is 18.3. The quantitative estimate of drug-likeness (QED) is 0.431. The van der Waals surface area contributed by atoms with Crippen molar-refractivity contribution >= 4 is 28.9 Å². The van der Waals surface area contributed by atoms with Gasteiger partial charge in [-0.2, -0.15) is 0 Å². The van der Waals surface area contributed by atoms with E-state index in [1.165, 1.54) is 31.4 Å². The molecule has 1 N–H and O–H groups in total. The van der Waals surface area contributed by atoms with Gasteiger partial charge in [0.25, 0.3) is 11.6 Å². The Morgan fingerprint density at radius 2 is 1.86 bits per heavy atom. The Labute approximate surface area is 172 Å². The molecule has 7 nitrogen and oxygen atoms in total. The van der Waals surface area contributed by atoms with E-state index in [4.69, 9.17) is 21.1 Å². The van der Waals surface area contributed by atoms with Crippen molar-refractivity contribution in [2.24, 2.45) is 0 Å². The van der Waals surface area contributed by atoms with Crippen LogP contribution in [-0.2, 0) is 6.61 Å². The first-order valence-corrected chi connectivity index (χ1v) is 8.96. The molecule has 0 aromatic heterocycles. The van der Waals surface area contributed by atoms with E-state index >= 15 is 0 Å². The SMILES string of the molecule is COc1ccc(NC(=O)c2cc(Cl)ccc2OCc2ccccc2)c([N+](=O)[O-])c1. The minimum absolute atomic E-state index is 0.0368. The number of carbonyl (C=O) groups excluding carboxylic acids is 1. The van der Waals surface area contributed by atoms with Gasteiger partial charge in [0.05, 0.1) is 23.7 Å². The summed E-state index contributed by atoms with van der Waals surface area (Å²) in [5.41, 5.74) is 0.847. The van der Waals surface area contributed by atoms with Gasteiger partial charge in [-0.25, -0.2) is 0 Å². The van der Waals surface area contributed by atoms with Crippen molar-refractivity contribution in [3.05, 3.63) is 93.0 Å². The predicted octanol–water partition coefficient (Wildman–Crippen LogP) is 5.09.